The summed E-state index contributed by atoms with van der Waals surface area (Å²) < 4.78 is 2.33. The largest absolute Gasteiger partial charge is 0.309 e. The predicted octanol–water partition coefficient (Wildman–Crippen LogP) is 6.67. The third-order valence-corrected chi connectivity index (χ3v) is 5.84. The van der Waals surface area contributed by atoms with Crippen LogP contribution >= 0.6 is 0 Å². The van der Waals surface area contributed by atoms with Crippen LogP contribution in [0.15, 0.2) is 108 Å². The van der Waals surface area contributed by atoms with Gasteiger partial charge in [0.1, 0.15) is 0 Å². The highest BCUT2D eigenvalue weighted by Crippen LogP contribution is 2.32. The fourth-order valence-corrected chi connectivity index (χ4v) is 4.34. The van der Waals surface area contributed by atoms with Crippen molar-refractivity contribution in [1.82, 2.24) is 14.8 Å². The lowest BCUT2D eigenvalue weighted by Gasteiger charge is -2.08. The number of aliphatic imine (C=N–C) groups is 1. The Hall–Kier alpha value is -4.31. The summed E-state index contributed by atoms with van der Waals surface area (Å²) in [5.41, 5.74) is 4.78. The van der Waals surface area contributed by atoms with Crippen LogP contribution in [0.2, 0.25) is 0 Å². The van der Waals surface area contributed by atoms with Gasteiger partial charge in [0.2, 0.25) is 0 Å². The minimum atomic E-state index is 0.655. The molecule has 0 saturated carbocycles. The van der Waals surface area contributed by atoms with Crippen molar-refractivity contribution in [2.24, 2.45) is 4.99 Å². The van der Waals surface area contributed by atoms with Crippen molar-refractivity contribution in [1.29, 1.82) is 0 Å². The van der Waals surface area contributed by atoms with Crippen LogP contribution in [0.25, 0.3) is 38.3 Å². The molecule has 2 aromatic heterocycles. The van der Waals surface area contributed by atoms with Gasteiger partial charge in [-0.15, -0.1) is 5.10 Å². The smallest absolute Gasteiger partial charge is 0.182 e. The van der Waals surface area contributed by atoms with Crippen molar-refractivity contribution in [2.45, 2.75) is 6.42 Å². The summed E-state index contributed by atoms with van der Waals surface area (Å²) in [5, 5.41) is 12.9. The van der Waals surface area contributed by atoms with Crippen molar-refractivity contribution in [3.8, 4) is 5.69 Å². The Morgan fingerprint density at radius 2 is 1.47 bits per heavy atom. The van der Waals surface area contributed by atoms with Crippen molar-refractivity contribution in [3.63, 3.8) is 0 Å². The van der Waals surface area contributed by atoms with Gasteiger partial charge >= 0.3 is 0 Å². The van der Waals surface area contributed by atoms with Gasteiger partial charge in [0.25, 0.3) is 0 Å². The van der Waals surface area contributed by atoms with Crippen molar-refractivity contribution in [2.75, 3.05) is 0 Å². The second kappa shape index (κ2) is 7.75. The van der Waals surface area contributed by atoms with Crippen molar-refractivity contribution < 1.29 is 0 Å². The lowest BCUT2D eigenvalue weighted by atomic mass is 10.1. The van der Waals surface area contributed by atoms with Crippen LogP contribution in [0.4, 0.5) is 5.82 Å². The maximum absolute atomic E-state index is 4.63. The standard InChI is InChI=1S/C28H20N4/c1-2-9-22(10-3-1)32-26-13-7-6-12-24(26)25-15-14-20(18-27(25)32)16-17-29-28-23-11-5-4-8-21(23)19-30-31-28/h1-15,17-19H,16H2. The molecule has 6 rings (SSSR count). The maximum Gasteiger partial charge on any atom is 0.182 e. The summed E-state index contributed by atoms with van der Waals surface area (Å²) in [4.78, 5) is 4.63. The Morgan fingerprint density at radius 1 is 0.719 bits per heavy atom. The molecule has 0 bridgehead atoms. The van der Waals surface area contributed by atoms with E-state index in [0.717, 1.165) is 22.9 Å². The molecule has 0 fully saturated rings. The SMILES string of the molecule is C(Cc1ccc2c3ccccc3n(-c3ccccc3)c2c1)=Nc1nncc2ccccc12. The highest BCUT2D eigenvalue weighted by atomic mass is 15.1. The molecule has 0 saturated heterocycles. The molecule has 0 atom stereocenters. The molecule has 0 radical (unpaired) electrons. The average molecular weight is 412 g/mol. The number of hydrogen-bond acceptors (Lipinski definition) is 3. The van der Waals surface area contributed by atoms with E-state index in [1.54, 1.807) is 6.20 Å². The van der Waals surface area contributed by atoms with Crippen molar-refractivity contribution >= 4 is 44.6 Å². The second-order valence-electron chi connectivity index (χ2n) is 7.81. The third kappa shape index (κ3) is 3.13. The summed E-state index contributed by atoms with van der Waals surface area (Å²) in [6, 6.07) is 33.8. The Kier molecular flexibility index (Phi) is 4.47. The minimum Gasteiger partial charge on any atom is -0.309 e. The Balaban J connectivity index is 1.42. The molecule has 0 N–H and O–H groups in total. The first-order valence-electron chi connectivity index (χ1n) is 10.7. The predicted molar refractivity (Wildman–Crippen MR) is 132 cm³/mol. The maximum atomic E-state index is 4.63. The van der Waals surface area contributed by atoms with E-state index in [0.29, 0.717) is 5.82 Å². The summed E-state index contributed by atoms with van der Waals surface area (Å²) in [6.07, 6.45) is 4.41. The van der Waals surface area contributed by atoms with Gasteiger partial charge < -0.3 is 4.57 Å². The summed E-state index contributed by atoms with van der Waals surface area (Å²) in [7, 11) is 0. The van der Waals surface area contributed by atoms with E-state index in [-0.39, 0.29) is 0 Å². The zero-order chi connectivity index (χ0) is 21.3. The molecule has 0 aliphatic heterocycles. The molecule has 4 nitrogen and oxygen atoms in total. The van der Waals surface area contributed by atoms with Gasteiger partial charge in [-0.1, -0.05) is 72.8 Å². The molecule has 152 valence electrons. The van der Waals surface area contributed by atoms with Crippen LogP contribution in [-0.2, 0) is 6.42 Å². The monoisotopic (exact) mass is 412 g/mol. The number of aromatic nitrogens is 3. The van der Waals surface area contributed by atoms with E-state index in [2.05, 4.69) is 92.6 Å². The van der Waals surface area contributed by atoms with Gasteiger partial charge in [0.15, 0.2) is 5.82 Å². The van der Waals surface area contributed by atoms with E-state index < -0.39 is 0 Å². The van der Waals surface area contributed by atoms with E-state index in [1.165, 1.54) is 27.4 Å². The van der Waals surface area contributed by atoms with E-state index in [1.807, 2.05) is 30.5 Å². The Bertz CT molecular complexity index is 1590. The number of benzene rings is 4. The molecule has 32 heavy (non-hydrogen) atoms. The van der Waals surface area contributed by atoms with Gasteiger partial charge in [-0.2, -0.15) is 5.10 Å². The summed E-state index contributed by atoms with van der Waals surface area (Å²) in [5.74, 6) is 0.655. The van der Waals surface area contributed by atoms with Crippen LogP contribution < -0.4 is 0 Å². The molecule has 0 unspecified atom stereocenters. The molecule has 0 amide bonds. The fourth-order valence-electron chi connectivity index (χ4n) is 4.34. The van der Waals surface area contributed by atoms with Gasteiger partial charge in [-0.25, -0.2) is 4.99 Å². The Labute approximate surface area is 185 Å². The number of nitrogens with zero attached hydrogens (tertiary/aromatic N) is 4. The molecule has 4 heteroatoms. The number of fused-ring (bicyclic) bond motifs is 4. The van der Waals surface area contributed by atoms with Crippen LogP contribution in [0, 0.1) is 0 Å². The molecule has 6 aromatic rings. The molecule has 2 heterocycles. The van der Waals surface area contributed by atoms with E-state index in [9.17, 15) is 0 Å². The fraction of sp³-hybridized carbons (Fsp3) is 0.0357. The third-order valence-electron chi connectivity index (χ3n) is 5.84. The summed E-state index contributed by atoms with van der Waals surface area (Å²) >= 11 is 0. The van der Waals surface area contributed by atoms with Gasteiger partial charge in [0, 0.05) is 39.9 Å². The number of para-hydroxylation sites is 2. The molecule has 0 spiro atoms. The van der Waals surface area contributed by atoms with Crippen molar-refractivity contribution in [3.05, 3.63) is 109 Å². The topological polar surface area (TPSA) is 43.1 Å². The zero-order valence-corrected chi connectivity index (χ0v) is 17.4. The van der Waals surface area contributed by atoms with Crippen LogP contribution in [0.1, 0.15) is 5.56 Å². The average Bonchev–Trinajstić information content (AvgIpc) is 3.18. The first-order chi connectivity index (χ1) is 15.9. The normalized spacial score (nSPS) is 11.8. The first-order valence-corrected chi connectivity index (χ1v) is 10.7. The van der Waals surface area contributed by atoms with Crippen LogP contribution in [0.3, 0.4) is 0 Å². The molecule has 0 aliphatic rings. The van der Waals surface area contributed by atoms with Gasteiger partial charge in [-0.3, -0.25) is 0 Å². The molecule has 4 aromatic carbocycles. The summed E-state index contributed by atoms with van der Waals surface area (Å²) in [6.45, 7) is 0. The van der Waals surface area contributed by atoms with E-state index >= 15 is 0 Å². The number of rotatable bonds is 4. The quantitative estimate of drug-likeness (QED) is 0.303. The number of hydrogen-bond donors (Lipinski definition) is 0. The Morgan fingerprint density at radius 3 is 2.38 bits per heavy atom. The van der Waals surface area contributed by atoms with Crippen LogP contribution in [-0.4, -0.2) is 21.0 Å². The second-order valence-corrected chi connectivity index (χ2v) is 7.81. The molecular weight excluding hydrogens is 392 g/mol. The molecular formula is C28H20N4. The van der Waals surface area contributed by atoms with E-state index in [4.69, 9.17) is 0 Å². The highest BCUT2D eigenvalue weighted by molar-refractivity contribution is 6.09. The molecule has 0 aliphatic carbocycles. The lowest BCUT2D eigenvalue weighted by molar-refractivity contribution is 1.04. The van der Waals surface area contributed by atoms with Gasteiger partial charge in [-0.05, 0) is 29.8 Å². The zero-order valence-electron chi connectivity index (χ0n) is 17.4. The minimum absolute atomic E-state index is 0.655. The van der Waals surface area contributed by atoms with Gasteiger partial charge in [0.05, 0.1) is 17.2 Å². The lowest BCUT2D eigenvalue weighted by Crippen LogP contribution is -1.94. The van der Waals surface area contributed by atoms with Crippen LogP contribution in [0.5, 0.6) is 0 Å². The first kappa shape index (κ1) is 18.5. The highest BCUT2D eigenvalue weighted by Gasteiger charge is 2.12.